The molecule has 5 nitrogen and oxygen atoms in total. The molecule has 26 heavy (non-hydrogen) atoms. The van der Waals surface area contributed by atoms with E-state index in [-0.39, 0.29) is 0 Å². The molecule has 1 heterocycles. The van der Waals surface area contributed by atoms with Gasteiger partial charge in [0.2, 0.25) is 0 Å². The fourth-order valence-electron chi connectivity index (χ4n) is 4.33. The molecule has 0 aromatic heterocycles. The fourth-order valence-corrected chi connectivity index (χ4v) is 4.67. The molecular weight excluding hydrogens is 346 g/mol. The van der Waals surface area contributed by atoms with Gasteiger partial charge in [-0.2, -0.15) is 0 Å². The minimum atomic E-state index is -2.04. The lowest BCUT2D eigenvalue weighted by molar-refractivity contribution is 0.105. The number of anilines is 1. The molecule has 2 N–H and O–H groups in total. The van der Waals surface area contributed by atoms with Crippen LogP contribution in [0.1, 0.15) is 44.6 Å². The number of hydrogen-bond donors (Lipinski definition) is 2. The predicted octanol–water partition coefficient (Wildman–Crippen LogP) is 3.79. The van der Waals surface area contributed by atoms with Crippen molar-refractivity contribution in [2.24, 2.45) is 5.92 Å². The SMILES string of the molecule is C=C(c1ccc(NS(=O)O)cc1)N1CCN(CC2CCCCC2)CC1C. The van der Waals surface area contributed by atoms with Gasteiger partial charge in [0.15, 0.2) is 0 Å². The van der Waals surface area contributed by atoms with Crippen LogP contribution in [0.4, 0.5) is 5.69 Å². The highest BCUT2D eigenvalue weighted by Gasteiger charge is 2.27. The van der Waals surface area contributed by atoms with Crippen LogP contribution in [0.5, 0.6) is 0 Å². The lowest BCUT2D eigenvalue weighted by atomic mass is 9.88. The lowest BCUT2D eigenvalue weighted by Gasteiger charge is -2.43. The first-order valence-corrected chi connectivity index (χ1v) is 10.8. The highest BCUT2D eigenvalue weighted by atomic mass is 32.2. The first-order chi connectivity index (χ1) is 12.5. The van der Waals surface area contributed by atoms with Gasteiger partial charge in [-0.3, -0.25) is 14.2 Å². The number of piperazine rings is 1. The molecule has 2 atom stereocenters. The molecule has 0 spiro atoms. The van der Waals surface area contributed by atoms with Crippen molar-refractivity contribution in [3.63, 3.8) is 0 Å². The van der Waals surface area contributed by atoms with Crippen LogP contribution in [-0.2, 0) is 11.3 Å². The maximum atomic E-state index is 10.8. The van der Waals surface area contributed by atoms with Crippen LogP contribution in [0.3, 0.4) is 0 Å². The zero-order chi connectivity index (χ0) is 18.5. The van der Waals surface area contributed by atoms with Gasteiger partial charge in [0.05, 0.1) is 0 Å². The second kappa shape index (κ2) is 9.02. The van der Waals surface area contributed by atoms with Gasteiger partial charge < -0.3 is 4.90 Å². The molecule has 2 fully saturated rings. The van der Waals surface area contributed by atoms with Crippen molar-refractivity contribution in [1.29, 1.82) is 0 Å². The summed E-state index contributed by atoms with van der Waals surface area (Å²) in [6.07, 6.45) is 7.04. The summed E-state index contributed by atoms with van der Waals surface area (Å²) in [5.41, 5.74) is 2.73. The Morgan fingerprint density at radius 2 is 1.92 bits per heavy atom. The Kier molecular flexibility index (Phi) is 6.73. The van der Waals surface area contributed by atoms with Crippen LogP contribution in [0.25, 0.3) is 5.70 Å². The van der Waals surface area contributed by atoms with Crippen molar-refractivity contribution in [2.75, 3.05) is 30.9 Å². The Morgan fingerprint density at radius 3 is 2.54 bits per heavy atom. The standard InChI is InChI=1S/C20H31N3O2S/c1-16-14-22(15-18-6-4-3-5-7-18)12-13-23(16)17(2)19-8-10-20(11-9-19)21-26(24)25/h8-11,16,18,21H,2-7,12-15H2,1H3,(H,24,25). The molecule has 1 aromatic carbocycles. The van der Waals surface area contributed by atoms with Crippen LogP contribution in [-0.4, -0.2) is 50.8 Å². The van der Waals surface area contributed by atoms with E-state index < -0.39 is 11.3 Å². The van der Waals surface area contributed by atoms with Gasteiger partial charge in [-0.1, -0.05) is 38.0 Å². The molecule has 1 saturated heterocycles. The Bertz CT molecular complexity index is 628. The normalized spacial score (nSPS) is 23.6. The highest BCUT2D eigenvalue weighted by Crippen LogP contribution is 2.27. The van der Waals surface area contributed by atoms with Crippen molar-refractivity contribution in [1.82, 2.24) is 9.80 Å². The van der Waals surface area contributed by atoms with Crippen LogP contribution in [0.15, 0.2) is 30.8 Å². The summed E-state index contributed by atoms with van der Waals surface area (Å²) in [4.78, 5) is 5.03. The molecule has 0 amide bonds. The lowest BCUT2D eigenvalue weighted by Crippen LogP contribution is -2.51. The number of benzene rings is 1. The van der Waals surface area contributed by atoms with Gasteiger partial charge in [-0.05, 0) is 43.4 Å². The third kappa shape index (κ3) is 5.09. The van der Waals surface area contributed by atoms with Gasteiger partial charge in [0, 0.05) is 43.6 Å². The molecule has 144 valence electrons. The third-order valence-corrected chi connectivity index (χ3v) is 6.13. The monoisotopic (exact) mass is 377 g/mol. The first-order valence-electron chi connectivity index (χ1n) is 9.69. The van der Waals surface area contributed by atoms with Crippen LogP contribution < -0.4 is 4.72 Å². The van der Waals surface area contributed by atoms with E-state index in [4.69, 9.17) is 4.55 Å². The Morgan fingerprint density at radius 1 is 1.23 bits per heavy atom. The number of nitrogens with one attached hydrogen (secondary N) is 1. The second-order valence-electron chi connectivity index (χ2n) is 7.68. The van der Waals surface area contributed by atoms with Gasteiger partial charge in [-0.15, -0.1) is 0 Å². The number of hydrogen-bond acceptors (Lipinski definition) is 3. The van der Waals surface area contributed by atoms with Crippen molar-refractivity contribution < 1.29 is 8.76 Å². The molecular formula is C20H31N3O2S. The van der Waals surface area contributed by atoms with Crippen LogP contribution >= 0.6 is 0 Å². The Hall–Kier alpha value is -1.37. The topological polar surface area (TPSA) is 55.8 Å². The average Bonchev–Trinajstić information content (AvgIpc) is 2.62. The summed E-state index contributed by atoms with van der Waals surface area (Å²) in [7, 11) is 0. The maximum Gasteiger partial charge on any atom is 0.259 e. The van der Waals surface area contributed by atoms with E-state index in [9.17, 15) is 4.21 Å². The largest absolute Gasteiger partial charge is 0.366 e. The second-order valence-corrected chi connectivity index (χ2v) is 8.38. The molecule has 1 aliphatic carbocycles. The zero-order valence-electron chi connectivity index (χ0n) is 15.7. The van der Waals surface area contributed by atoms with Gasteiger partial charge >= 0.3 is 0 Å². The van der Waals surface area contributed by atoms with E-state index in [1.807, 2.05) is 24.3 Å². The summed E-state index contributed by atoms with van der Waals surface area (Å²) in [6.45, 7) is 11.0. The molecule has 2 aliphatic rings. The van der Waals surface area contributed by atoms with Crippen LogP contribution in [0.2, 0.25) is 0 Å². The van der Waals surface area contributed by atoms with Gasteiger partial charge in [0.1, 0.15) is 0 Å². The maximum absolute atomic E-state index is 10.8. The van der Waals surface area contributed by atoms with E-state index in [2.05, 4.69) is 28.0 Å². The summed E-state index contributed by atoms with van der Waals surface area (Å²) in [5.74, 6) is 0.892. The average molecular weight is 378 g/mol. The zero-order valence-corrected chi connectivity index (χ0v) is 16.5. The third-order valence-electron chi connectivity index (χ3n) is 5.72. The fraction of sp³-hybridized carbons (Fsp3) is 0.600. The Balaban J connectivity index is 1.54. The molecule has 1 aliphatic heterocycles. The summed E-state index contributed by atoms with van der Waals surface area (Å²) in [6, 6.07) is 8.00. The molecule has 1 aromatic rings. The number of rotatable bonds is 6. The summed E-state index contributed by atoms with van der Waals surface area (Å²) < 4.78 is 22.2. The Labute approximate surface area is 159 Å². The van der Waals surface area contributed by atoms with Crippen LogP contribution in [0, 0.1) is 5.92 Å². The molecule has 2 unspecified atom stereocenters. The minimum absolute atomic E-state index is 0.447. The molecule has 3 rings (SSSR count). The highest BCUT2D eigenvalue weighted by molar-refractivity contribution is 7.80. The minimum Gasteiger partial charge on any atom is -0.366 e. The van der Waals surface area contributed by atoms with Crippen molar-refractivity contribution in [3.8, 4) is 0 Å². The smallest absolute Gasteiger partial charge is 0.259 e. The van der Waals surface area contributed by atoms with E-state index in [1.165, 1.54) is 38.6 Å². The van der Waals surface area contributed by atoms with Gasteiger partial charge in [0.25, 0.3) is 11.3 Å². The van der Waals surface area contributed by atoms with E-state index in [0.29, 0.717) is 11.7 Å². The van der Waals surface area contributed by atoms with Gasteiger partial charge in [-0.25, -0.2) is 4.21 Å². The predicted molar refractivity (Wildman–Crippen MR) is 109 cm³/mol. The van der Waals surface area contributed by atoms with Crippen molar-refractivity contribution in [2.45, 2.75) is 45.1 Å². The van der Waals surface area contributed by atoms with E-state index in [1.54, 1.807) is 0 Å². The van der Waals surface area contributed by atoms with E-state index in [0.717, 1.165) is 36.8 Å². The molecule has 0 radical (unpaired) electrons. The summed E-state index contributed by atoms with van der Waals surface area (Å²) >= 11 is -2.04. The molecule has 6 heteroatoms. The summed E-state index contributed by atoms with van der Waals surface area (Å²) in [5, 5.41) is 0. The number of nitrogens with zero attached hydrogens (tertiary/aromatic N) is 2. The van der Waals surface area contributed by atoms with E-state index >= 15 is 0 Å². The molecule has 1 saturated carbocycles. The van der Waals surface area contributed by atoms with Crippen molar-refractivity contribution >= 4 is 22.7 Å². The molecule has 0 bridgehead atoms. The quantitative estimate of drug-likeness (QED) is 0.741. The first kappa shape index (κ1) is 19.4. The van der Waals surface area contributed by atoms with Crippen molar-refractivity contribution in [3.05, 3.63) is 36.4 Å².